The van der Waals surface area contributed by atoms with Crippen LogP contribution in [0.1, 0.15) is 25.1 Å². The van der Waals surface area contributed by atoms with E-state index in [1.807, 2.05) is 35.2 Å². The highest BCUT2D eigenvalue weighted by Crippen LogP contribution is 2.23. The van der Waals surface area contributed by atoms with Gasteiger partial charge in [0.2, 0.25) is 5.91 Å². The van der Waals surface area contributed by atoms with Crippen LogP contribution in [0.25, 0.3) is 11.5 Å². The highest BCUT2D eigenvalue weighted by molar-refractivity contribution is 5.77. The van der Waals surface area contributed by atoms with Gasteiger partial charge in [-0.25, -0.2) is 0 Å². The molecule has 2 fully saturated rings. The van der Waals surface area contributed by atoms with E-state index in [0.29, 0.717) is 36.8 Å². The van der Waals surface area contributed by atoms with Crippen LogP contribution in [0.3, 0.4) is 0 Å². The normalized spacial score (nSPS) is 24.5. The fourth-order valence-corrected chi connectivity index (χ4v) is 3.25. The Kier molecular flexibility index (Phi) is 3.38. The van der Waals surface area contributed by atoms with Crippen LogP contribution in [-0.2, 0) is 11.3 Å². The minimum absolute atomic E-state index is 0.172. The van der Waals surface area contributed by atoms with Gasteiger partial charge in [0.05, 0.1) is 6.54 Å². The van der Waals surface area contributed by atoms with Crippen molar-refractivity contribution in [1.29, 1.82) is 0 Å². The minimum Gasteiger partial charge on any atom is -0.334 e. The van der Waals surface area contributed by atoms with Crippen molar-refractivity contribution >= 4 is 5.91 Å². The lowest BCUT2D eigenvalue weighted by molar-refractivity contribution is -0.132. The molecule has 2 aliphatic rings. The van der Waals surface area contributed by atoms with Gasteiger partial charge in [-0.3, -0.25) is 4.79 Å². The molecule has 6 heteroatoms. The summed E-state index contributed by atoms with van der Waals surface area (Å²) in [4.78, 5) is 18.5. The first-order valence-corrected chi connectivity index (χ1v) is 7.70. The van der Waals surface area contributed by atoms with E-state index in [1.165, 1.54) is 0 Å². The molecule has 114 valence electrons. The van der Waals surface area contributed by atoms with Crippen LogP contribution in [0.5, 0.6) is 0 Å². The number of nitrogens with one attached hydrogen (secondary N) is 1. The van der Waals surface area contributed by atoms with Crippen molar-refractivity contribution in [2.45, 2.75) is 37.9 Å². The lowest BCUT2D eigenvalue weighted by Gasteiger charge is -2.22. The highest BCUT2D eigenvalue weighted by Gasteiger charge is 2.33. The highest BCUT2D eigenvalue weighted by atomic mass is 16.5. The SMILES string of the molecule is O=C1CC2CCC(CN1Cc1noc(-c3ccccc3)n1)N2. The summed E-state index contributed by atoms with van der Waals surface area (Å²) in [6.07, 6.45) is 2.81. The number of nitrogens with zero attached hydrogens (tertiary/aromatic N) is 3. The zero-order valence-corrected chi connectivity index (χ0v) is 12.2. The standard InChI is InChI=1S/C16H18N4O2/c21-15-8-12-6-7-13(17-12)9-20(15)10-14-18-16(22-19-14)11-4-2-1-3-5-11/h1-5,12-13,17H,6-10H2. The van der Waals surface area contributed by atoms with E-state index >= 15 is 0 Å². The van der Waals surface area contributed by atoms with Crippen LogP contribution in [0, 0.1) is 0 Å². The van der Waals surface area contributed by atoms with Gasteiger partial charge in [-0.15, -0.1) is 0 Å². The first-order chi connectivity index (χ1) is 10.8. The molecule has 1 aromatic heterocycles. The molecule has 1 N–H and O–H groups in total. The first-order valence-electron chi connectivity index (χ1n) is 7.70. The number of rotatable bonds is 3. The predicted molar refractivity (Wildman–Crippen MR) is 79.7 cm³/mol. The van der Waals surface area contributed by atoms with Crippen molar-refractivity contribution < 1.29 is 9.32 Å². The van der Waals surface area contributed by atoms with Crippen LogP contribution >= 0.6 is 0 Å². The molecule has 3 heterocycles. The molecule has 0 radical (unpaired) electrons. The van der Waals surface area contributed by atoms with Gasteiger partial charge in [-0.2, -0.15) is 4.98 Å². The van der Waals surface area contributed by atoms with E-state index < -0.39 is 0 Å². The molecule has 1 aromatic carbocycles. The van der Waals surface area contributed by atoms with Gasteiger partial charge in [0.15, 0.2) is 5.82 Å². The molecule has 4 rings (SSSR count). The molecule has 2 saturated heterocycles. The molecule has 2 atom stereocenters. The molecule has 0 spiro atoms. The average Bonchev–Trinajstić information content (AvgIpc) is 3.13. The number of amides is 1. The van der Waals surface area contributed by atoms with Crippen molar-refractivity contribution in [3.8, 4) is 11.5 Å². The van der Waals surface area contributed by atoms with Crippen LogP contribution in [0.2, 0.25) is 0 Å². The maximum atomic E-state index is 12.3. The summed E-state index contributed by atoms with van der Waals surface area (Å²) in [6.45, 7) is 1.14. The van der Waals surface area contributed by atoms with Gasteiger partial charge in [-0.05, 0) is 25.0 Å². The molecular weight excluding hydrogens is 280 g/mol. The van der Waals surface area contributed by atoms with Crippen LogP contribution in [0.4, 0.5) is 0 Å². The zero-order chi connectivity index (χ0) is 14.9. The largest absolute Gasteiger partial charge is 0.334 e. The maximum Gasteiger partial charge on any atom is 0.257 e. The van der Waals surface area contributed by atoms with Crippen molar-refractivity contribution in [1.82, 2.24) is 20.4 Å². The quantitative estimate of drug-likeness (QED) is 0.931. The fraction of sp³-hybridized carbons (Fsp3) is 0.438. The van der Waals surface area contributed by atoms with E-state index in [1.54, 1.807) is 0 Å². The van der Waals surface area contributed by atoms with Crippen molar-refractivity contribution in [3.63, 3.8) is 0 Å². The number of hydrogen-bond donors (Lipinski definition) is 1. The summed E-state index contributed by atoms with van der Waals surface area (Å²) in [6, 6.07) is 10.4. The van der Waals surface area contributed by atoms with E-state index in [-0.39, 0.29) is 5.91 Å². The summed E-state index contributed by atoms with van der Waals surface area (Å²) in [5.41, 5.74) is 0.893. The van der Waals surface area contributed by atoms with Gasteiger partial charge < -0.3 is 14.7 Å². The number of carbonyl (C=O) groups excluding carboxylic acids is 1. The molecule has 6 nitrogen and oxygen atoms in total. The topological polar surface area (TPSA) is 71.3 Å². The molecule has 2 aromatic rings. The van der Waals surface area contributed by atoms with Crippen LogP contribution in [-0.4, -0.2) is 39.6 Å². The fourth-order valence-electron chi connectivity index (χ4n) is 3.25. The molecule has 2 unspecified atom stereocenters. The summed E-state index contributed by atoms with van der Waals surface area (Å²) < 4.78 is 5.31. The van der Waals surface area contributed by atoms with Crippen LogP contribution < -0.4 is 5.32 Å². The number of benzene rings is 1. The second kappa shape index (κ2) is 5.53. The molecule has 22 heavy (non-hydrogen) atoms. The molecule has 2 bridgehead atoms. The monoisotopic (exact) mass is 298 g/mol. The summed E-state index contributed by atoms with van der Waals surface area (Å²) in [5.74, 6) is 1.23. The third kappa shape index (κ3) is 2.62. The first kappa shape index (κ1) is 13.5. The third-order valence-corrected chi connectivity index (χ3v) is 4.37. The van der Waals surface area contributed by atoms with Gasteiger partial charge in [0.1, 0.15) is 0 Å². The second-order valence-electron chi connectivity index (χ2n) is 6.00. The smallest absolute Gasteiger partial charge is 0.257 e. The Balaban J connectivity index is 1.49. The van der Waals surface area contributed by atoms with Crippen molar-refractivity contribution in [3.05, 3.63) is 36.2 Å². The third-order valence-electron chi connectivity index (χ3n) is 4.37. The second-order valence-corrected chi connectivity index (χ2v) is 6.00. The summed E-state index contributed by atoms with van der Waals surface area (Å²) in [5, 5.41) is 7.52. The van der Waals surface area contributed by atoms with Crippen molar-refractivity contribution in [2.24, 2.45) is 0 Å². The Labute approximate surface area is 128 Å². The lowest BCUT2D eigenvalue weighted by Crippen LogP contribution is -2.37. The van der Waals surface area contributed by atoms with Gasteiger partial charge in [-0.1, -0.05) is 23.4 Å². The Morgan fingerprint density at radius 3 is 2.91 bits per heavy atom. The molecule has 0 saturated carbocycles. The Bertz CT molecular complexity index is 670. The van der Waals surface area contributed by atoms with Gasteiger partial charge in [0, 0.05) is 30.6 Å². The van der Waals surface area contributed by atoms with E-state index in [4.69, 9.17) is 4.52 Å². The van der Waals surface area contributed by atoms with E-state index in [9.17, 15) is 4.79 Å². The Morgan fingerprint density at radius 2 is 2.05 bits per heavy atom. The Morgan fingerprint density at radius 1 is 1.23 bits per heavy atom. The number of likely N-dealkylation sites (tertiary alicyclic amines) is 1. The number of hydrogen-bond acceptors (Lipinski definition) is 5. The van der Waals surface area contributed by atoms with Gasteiger partial charge >= 0.3 is 0 Å². The van der Waals surface area contributed by atoms with Gasteiger partial charge in [0.25, 0.3) is 5.89 Å². The summed E-state index contributed by atoms with van der Waals surface area (Å²) >= 11 is 0. The molecule has 1 amide bonds. The average molecular weight is 298 g/mol. The van der Waals surface area contributed by atoms with Crippen molar-refractivity contribution in [2.75, 3.05) is 6.54 Å². The van der Waals surface area contributed by atoms with E-state index in [0.717, 1.165) is 24.9 Å². The van der Waals surface area contributed by atoms with Crippen LogP contribution in [0.15, 0.2) is 34.9 Å². The Hall–Kier alpha value is -2.21. The number of fused-ring (bicyclic) bond motifs is 2. The molecular formula is C16H18N4O2. The minimum atomic E-state index is 0.172. The molecule has 2 aliphatic heterocycles. The maximum absolute atomic E-state index is 12.3. The molecule has 0 aliphatic carbocycles. The zero-order valence-electron chi connectivity index (χ0n) is 12.2. The number of carbonyl (C=O) groups is 1. The van der Waals surface area contributed by atoms with E-state index in [2.05, 4.69) is 15.5 Å². The predicted octanol–water partition coefficient (Wildman–Crippen LogP) is 1.59. The number of aromatic nitrogens is 2. The summed E-state index contributed by atoms with van der Waals surface area (Å²) in [7, 11) is 0. The lowest BCUT2D eigenvalue weighted by atomic mass is 10.1.